The monoisotopic (exact) mass is 347 g/mol. The van der Waals surface area contributed by atoms with Crippen molar-refractivity contribution >= 4 is 69.7 Å². The van der Waals surface area contributed by atoms with Crippen LogP contribution in [0.5, 0.6) is 0 Å². The van der Waals surface area contributed by atoms with Crippen LogP contribution in [0.15, 0.2) is 23.4 Å². The summed E-state index contributed by atoms with van der Waals surface area (Å²) in [6.07, 6.45) is 0. The lowest BCUT2D eigenvalue weighted by Crippen LogP contribution is -2.12. The molecule has 98 valence electrons. The zero-order valence-electron chi connectivity index (χ0n) is 8.67. The fraction of sp³-hybridized carbons (Fsp3) is 0.200. The molecule has 0 aliphatic heterocycles. The highest BCUT2D eigenvalue weighted by molar-refractivity contribution is 6.56. The van der Waals surface area contributed by atoms with Gasteiger partial charge < -0.3 is 4.84 Å². The number of oxime groups is 1. The van der Waals surface area contributed by atoms with E-state index in [-0.39, 0.29) is 17.2 Å². The van der Waals surface area contributed by atoms with Crippen molar-refractivity contribution in [2.24, 2.45) is 5.16 Å². The molecule has 0 atom stereocenters. The third-order valence-corrected chi connectivity index (χ3v) is 2.95. The molecule has 0 aliphatic rings. The molecule has 0 amide bonds. The zero-order valence-corrected chi connectivity index (χ0v) is 12.4. The number of rotatable bonds is 4. The summed E-state index contributed by atoms with van der Waals surface area (Å²) in [6, 6.07) is 4.27. The Hall–Kier alpha value is -0.190. The van der Waals surface area contributed by atoms with Gasteiger partial charge in [0.2, 0.25) is 0 Å². The minimum absolute atomic E-state index is 0.0543. The maximum absolute atomic E-state index is 11.6. The minimum atomic E-state index is -0.946. The molecule has 1 aromatic rings. The fourth-order valence-corrected chi connectivity index (χ4v) is 2.07. The molecule has 1 rings (SSSR count). The third-order valence-electron chi connectivity index (χ3n) is 1.73. The van der Waals surface area contributed by atoms with Crippen LogP contribution >= 0.6 is 58.0 Å². The number of halogens is 5. The van der Waals surface area contributed by atoms with Crippen molar-refractivity contribution in [3.8, 4) is 0 Å². The molecule has 0 saturated carbocycles. The van der Waals surface area contributed by atoms with E-state index in [1.807, 2.05) is 0 Å². The van der Waals surface area contributed by atoms with E-state index in [0.29, 0.717) is 10.0 Å². The van der Waals surface area contributed by atoms with E-state index in [9.17, 15) is 4.79 Å². The lowest BCUT2D eigenvalue weighted by molar-refractivity contribution is 0.0516. The molecule has 0 spiro atoms. The molecule has 1 aromatic carbocycles. The standard InChI is InChI=1S/C10H6Cl5NO2/c11-4-8(9(14)15)16-18-10(17)5-1-6(12)3-7(13)2-5/h1-3,9H,4H2/b16-8+. The topological polar surface area (TPSA) is 38.7 Å². The Bertz CT molecular complexity index is 455. The molecular formula is C10H6Cl5NO2. The van der Waals surface area contributed by atoms with Gasteiger partial charge in [-0.05, 0) is 18.2 Å². The van der Waals surface area contributed by atoms with Crippen molar-refractivity contribution < 1.29 is 9.63 Å². The van der Waals surface area contributed by atoms with Crippen molar-refractivity contribution in [2.45, 2.75) is 4.84 Å². The van der Waals surface area contributed by atoms with E-state index in [0.717, 1.165) is 0 Å². The van der Waals surface area contributed by atoms with Gasteiger partial charge in [0.15, 0.2) is 0 Å². The minimum Gasteiger partial charge on any atom is -0.313 e. The van der Waals surface area contributed by atoms with Gasteiger partial charge in [-0.25, -0.2) is 4.79 Å². The predicted molar refractivity (Wildman–Crippen MR) is 75.5 cm³/mol. The Kier molecular flexibility index (Phi) is 6.53. The number of carbonyl (C=O) groups is 1. The Morgan fingerprint density at radius 2 is 1.78 bits per heavy atom. The summed E-state index contributed by atoms with van der Waals surface area (Å²) in [6.45, 7) is 0. The molecule has 0 bridgehead atoms. The quantitative estimate of drug-likeness (QED) is 0.346. The van der Waals surface area contributed by atoms with Crippen LogP contribution in [0.1, 0.15) is 10.4 Å². The van der Waals surface area contributed by atoms with Crippen LogP contribution in [-0.2, 0) is 4.84 Å². The van der Waals surface area contributed by atoms with Crippen molar-refractivity contribution in [1.29, 1.82) is 0 Å². The summed E-state index contributed by atoms with van der Waals surface area (Å²) >= 11 is 28.1. The Morgan fingerprint density at radius 1 is 1.22 bits per heavy atom. The van der Waals surface area contributed by atoms with Crippen LogP contribution in [0.4, 0.5) is 0 Å². The van der Waals surface area contributed by atoms with Crippen LogP contribution in [0.2, 0.25) is 10.0 Å². The molecule has 0 unspecified atom stereocenters. The van der Waals surface area contributed by atoms with Gasteiger partial charge >= 0.3 is 5.97 Å². The first-order valence-electron chi connectivity index (χ1n) is 4.52. The van der Waals surface area contributed by atoms with E-state index >= 15 is 0 Å². The number of carbonyl (C=O) groups excluding carboxylic acids is 1. The summed E-state index contributed by atoms with van der Waals surface area (Å²) in [5.41, 5.74) is 0.285. The second kappa shape index (κ2) is 7.41. The predicted octanol–water partition coefficient (Wildman–Crippen LogP) is 4.55. The number of benzene rings is 1. The first-order valence-corrected chi connectivity index (χ1v) is 6.68. The summed E-state index contributed by atoms with van der Waals surface area (Å²) in [5, 5.41) is 4.08. The molecule has 8 heteroatoms. The first-order chi connectivity index (χ1) is 8.43. The molecule has 0 saturated heterocycles. The maximum Gasteiger partial charge on any atom is 0.365 e. The van der Waals surface area contributed by atoms with E-state index in [1.165, 1.54) is 18.2 Å². The molecule has 0 heterocycles. The molecular weight excluding hydrogens is 343 g/mol. The third kappa shape index (κ3) is 4.82. The van der Waals surface area contributed by atoms with Gasteiger partial charge in [-0.1, -0.05) is 51.6 Å². The number of hydrogen-bond acceptors (Lipinski definition) is 3. The lowest BCUT2D eigenvalue weighted by Gasteiger charge is -2.03. The highest BCUT2D eigenvalue weighted by Gasteiger charge is 2.13. The van der Waals surface area contributed by atoms with Gasteiger partial charge in [-0.3, -0.25) is 0 Å². The van der Waals surface area contributed by atoms with E-state index in [4.69, 9.17) is 58.0 Å². The van der Waals surface area contributed by atoms with Gasteiger partial charge in [-0.15, -0.1) is 11.6 Å². The molecule has 0 aliphatic carbocycles. The summed E-state index contributed by atoms with van der Waals surface area (Å²) < 4.78 is 0. The number of hydrogen-bond donors (Lipinski definition) is 0. The largest absolute Gasteiger partial charge is 0.365 e. The number of nitrogens with zero attached hydrogens (tertiary/aromatic N) is 1. The van der Waals surface area contributed by atoms with Crippen molar-refractivity contribution in [1.82, 2.24) is 0 Å². The second-order valence-corrected chi connectivity index (χ2v) is 5.29. The normalized spacial score (nSPS) is 11.8. The summed E-state index contributed by atoms with van der Waals surface area (Å²) in [7, 11) is 0. The molecule has 3 nitrogen and oxygen atoms in total. The van der Waals surface area contributed by atoms with Gasteiger partial charge in [-0.2, -0.15) is 0 Å². The van der Waals surface area contributed by atoms with Gasteiger partial charge in [0.1, 0.15) is 10.5 Å². The zero-order chi connectivity index (χ0) is 13.7. The molecule has 0 radical (unpaired) electrons. The summed E-state index contributed by atoms with van der Waals surface area (Å²) in [4.78, 5) is 15.3. The number of alkyl halides is 3. The smallest absolute Gasteiger partial charge is 0.313 e. The summed E-state index contributed by atoms with van der Waals surface area (Å²) in [5.74, 6) is -0.794. The first kappa shape index (κ1) is 15.9. The average molecular weight is 349 g/mol. The highest BCUT2D eigenvalue weighted by Crippen LogP contribution is 2.19. The van der Waals surface area contributed by atoms with Crippen LogP contribution in [-0.4, -0.2) is 22.4 Å². The van der Waals surface area contributed by atoms with E-state index in [2.05, 4.69) is 9.99 Å². The average Bonchev–Trinajstić information content (AvgIpc) is 2.27. The molecule has 0 aromatic heterocycles. The molecule has 0 N–H and O–H groups in total. The van der Waals surface area contributed by atoms with E-state index < -0.39 is 10.8 Å². The van der Waals surface area contributed by atoms with Crippen molar-refractivity contribution in [3.05, 3.63) is 33.8 Å². The Morgan fingerprint density at radius 3 is 2.22 bits per heavy atom. The fourth-order valence-electron chi connectivity index (χ4n) is 0.947. The van der Waals surface area contributed by atoms with Crippen LogP contribution in [0.25, 0.3) is 0 Å². The van der Waals surface area contributed by atoms with Gasteiger partial charge in [0, 0.05) is 10.0 Å². The Labute approximate surface area is 129 Å². The Balaban J connectivity index is 2.82. The maximum atomic E-state index is 11.6. The van der Waals surface area contributed by atoms with Crippen molar-refractivity contribution in [3.63, 3.8) is 0 Å². The van der Waals surface area contributed by atoms with Crippen LogP contribution in [0.3, 0.4) is 0 Å². The van der Waals surface area contributed by atoms with Crippen LogP contribution in [0, 0.1) is 0 Å². The second-order valence-electron chi connectivity index (χ2n) is 3.05. The molecule has 0 fully saturated rings. The van der Waals surface area contributed by atoms with Crippen molar-refractivity contribution in [2.75, 3.05) is 5.88 Å². The van der Waals surface area contributed by atoms with E-state index in [1.54, 1.807) is 0 Å². The highest BCUT2D eigenvalue weighted by atomic mass is 35.5. The van der Waals surface area contributed by atoms with Gasteiger partial charge in [0.05, 0.1) is 11.4 Å². The SMILES string of the molecule is O=C(O/N=C(\CCl)C(Cl)Cl)c1cc(Cl)cc(Cl)c1. The molecule has 18 heavy (non-hydrogen) atoms. The lowest BCUT2D eigenvalue weighted by atomic mass is 10.2. The van der Waals surface area contributed by atoms with Gasteiger partial charge in [0.25, 0.3) is 0 Å². The van der Waals surface area contributed by atoms with Crippen LogP contribution < -0.4 is 0 Å².